The Balaban J connectivity index is 1.66. The van der Waals surface area contributed by atoms with Gasteiger partial charge in [0.1, 0.15) is 5.82 Å². The molecule has 1 aliphatic heterocycles. The van der Waals surface area contributed by atoms with E-state index in [1.54, 1.807) is 12.1 Å². The highest BCUT2D eigenvalue weighted by atomic mass is 19.1. The molecule has 0 bridgehead atoms. The maximum atomic E-state index is 14.0. The Kier molecular flexibility index (Phi) is 4.91. The lowest BCUT2D eigenvalue weighted by molar-refractivity contribution is 0.113. The first kappa shape index (κ1) is 15.0. The summed E-state index contributed by atoms with van der Waals surface area (Å²) in [5.41, 5.74) is 0.835. The highest BCUT2D eigenvalue weighted by molar-refractivity contribution is 5.21. The third-order valence-corrected chi connectivity index (χ3v) is 5.36. The van der Waals surface area contributed by atoms with E-state index in [9.17, 15) is 4.39 Å². The molecule has 2 atom stereocenters. The number of nitrogens with zero attached hydrogens (tertiary/aromatic N) is 1. The number of benzene rings is 1. The summed E-state index contributed by atoms with van der Waals surface area (Å²) in [6, 6.07) is 7.97. The number of halogens is 1. The van der Waals surface area contributed by atoms with Crippen LogP contribution in [0.25, 0.3) is 0 Å². The minimum atomic E-state index is -0.0715. The molecular formula is C18H27FN2. The standard InChI is InChI=1S/C18H27FN2/c1-14(16-9-5-6-10-17(16)19)21-12-11-20-18(13-21)15-7-3-2-4-8-15/h5-6,9-10,14-15,18,20H,2-4,7-8,11-13H2,1H3. The average Bonchev–Trinajstić information content (AvgIpc) is 2.56. The van der Waals surface area contributed by atoms with Crippen LogP contribution < -0.4 is 5.32 Å². The van der Waals surface area contributed by atoms with E-state index >= 15 is 0 Å². The average molecular weight is 290 g/mol. The molecule has 0 amide bonds. The molecule has 116 valence electrons. The Hall–Kier alpha value is -0.930. The van der Waals surface area contributed by atoms with E-state index < -0.39 is 0 Å². The van der Waals surface area contributed by atoms with E-state index in [1.807, 2.05) is 12.1 Å². The van der Waals surface area contributed by atoms with Crippen molar-refractivity contribution >= 4 is 0 Å². The molecule has 0 radical (unpaired) electrons. The molecule has 2 nitrogen and oxygen atoms in total. The number of hydrogen-bond acceptors (Lipinski definition) is 2. The van der Waals surface area contributed by atoms with Crippen LogP contribution in [0.4, 0.5) is 4.39 Å². The fraction of sp³-hybridized carbons (Fsp3) is 0.667. The first-order valence-electron chi connectivity index (χ1n) is 8.47. The largest absolute Gasteiger partial charge is 0.311 e. The van der Waals surface area contributed by atoms with Crippen molar-refractivity contribution in [1.29, 1.82) is 0 Å². The highest BCUT2D eigenvalue weighted by Gasteiger charge is 2.30. The molecule has 1 N–H and O–H groups in total. The minimum Gasteiger partial charge on any atom is -0.311 e. The molecular weight excluding hydrogens is 263 g/mol. The van der Waals surface area contributed by atoms with Crippen molar-refractivity contribution in [2.45, 2.75) is 51.1 Å². The van der Waals surface area contributed by atoms with Gasteiger partial charge in [-0.2, -0.15) is 0 Å². The predicted octanol–water partition coefficient (Wildman–Crippen LogP) is 3.74. The van der Waals surface area contributed by atoms with Crippen LogP contribution in [0.15, 0.2) is 24.3 Å². The zero-order valence-corrected chi connectivity index (χ0v) is 13.0. The SMILES string of the molecule is CC(c1ccccc1F)N1CCNC(C2CCCCC2)C1. The van der Waals surface area contributed by atoms with Crippen molar-refractivity contribution in [3.05, 3.63) is 35.6 Å². The van der Waals surface area contributed by atoms with Gasteiger partial charge in [0.15, 0.2) is 0 Å². The van der Waals surface area contributed by atoms with Gasteiger partial charge in [0, 0.05) is 37.3 Å². The Morgan fingerprint density at radius 3 is 2.71 bits per heavy atom. The van der Waals surface area contributed by atoms with Gasteiger partial charge in [-0.25, -0.2) is 4.39 Å². The van der Waals surface area contributed by atoms with Gasteiger partial charge in [0.2, 0.25) is 0 Å². The fourth-order valence-electron chi connectivity index (χ4n) is 4.02. The van der Waals surface area contributed by atoms with Crippen LogP contribution in [0.1, 0.15) is 50.6 Å². The molecule has 1 heterocycles. The topological polar surface area (TPSA) is 15.3 Å². The summed E-state index contributed by atoms with van der Waals surface area (Å²) in [5.74, 6) is 0.743. The number of piperazine rings is 1. The second-order valence-electron chi connectivity index (χ2n) is 6.65. The molecule has 0 spiro atoms. The summed E-state index contributed by atoms with van der Waals surface area (Å²) >= 11 is 0. The quantitative estimate of drug-likeness (QED) is 0.912. The maximum Gasteiger partial charge on any atom is 0.127 e. The van der Waals surface area contributed by atoms with Gasteiger partial charge in [-0.15, -0.1) is 0 Å². The lowest BCUT2D eigenvalue weighted by atomic mass is 9.83. The molecule has 1 aromatic rings. The van der Waals surface area contributed by atoms with Crippen molar-refractivity contribution in [2.24, 2.45) is 5.92 Å². The second-order valence-corrected chi connectivity index (χ2v) is 6.65. The van der Waals surface area contributed by atoms with Crippen LogP contribution in [0, 0.1) is 11.7 Å². The van der Waals surface area contributed by atoms with Crippen molar-refractivity contribution in [2.75, 3.05) is 19.6 Å². The molecule has 1 saturated carbocycles. The monoisotopic (exact) mass is 290 g/mol. The predicted molar refractivity (Wildman–Crippen MR) is 84.8 cm³/mol. The summed E-state index contributed by atoms with van der Waals surface area (Å²) in [6.07, 6.45) is 6.88. The minimum absolute atomic E-state index is 0.0715. The summed E-state index contributed by atoms with van der Waals surface area (Å²) in [5, 5.41) is 3.70. The van der Waals surface area contributed by atoms with Gasteiger partial charge in [-0.1, -0.05) is 37.5 Å². The van der Waals surface area contributed by atoms with E-state index in [1.165, 1.54) is 32.1 Å². The van der Waals surface area contributed by atoms with Crippen LogP contribution in [-0.4, -0.2) is 30.6 Å². The van der Waals surface area contributed by atoms with Crippen LogP contribution in [0.5, 0.6) is 0 Å². The molecule has 21 heavy (non-hydrogen) atoms. The van der Waals surface area contributed by atoms with Crippen LogP contribution in [0.3, 0.4) is 0 Å². The molecule has 2 aliphatic rings. The summed E-state index contributed by atoms with van der Waals surface area (Å²) < 4.78 is 14.0. The Morgan fingerprint density at radius 1 is 1.19 bits per heavy atom. The lowest BCUT2D eigenvalue weighted by Gasteiger charge is -2.41. The molecule has 3 heteroatoms. The first-order valence-corrected chi connectivity index (χ1v) is 8.47. The zero-order valence-electron chi connectivity index (χ0n) is 13.0. The second kappa shape index (κ2) is 6.89. The van der Waals surface area contributed by atoms with Crippen LogP contribution >= 0.6 is 0 Å². The van der Waals surface area contributed by atoms with Gasteiger partial charge in [0.25, 0.3) is 0 Å². The van der Waals surface area contributed by atoms with E-state index in [0.717, 1.165) is 31.1 Å². The van der Waals surface area contributed by atoms with Gasteiger partial charge in [-0.05, 0) is 31.7 Å². The molecule has 0 aromatic heterocycles. The molecule has 3 rings (SSSR count). The number of rotatable bonds is 3. The summed E-state index contributed by atoms with van der Waals surface area (Å²) in [6.45, 7) is 5.24. The fourth-order valence-corrected chi connectivity index (χ4v) is 4.02. The van der Waals surface area contributed by atoms with Crippen LogP contribution in [0.2, 0.25) is 0 Å². The third-order valence-electron chi connectivity index (χ3n) is 5.36. The normalized spacial score (nSPS) is 26.7. The van der Waals surface area contributed by atoms with Gasteiger partial charge in [-0.3, -0.25) is 4.90 Å². The molecule has 1 saturated heterocycles. The number of nitrogens with one attached hydrogen (secondary N) is 1. The summed E-state index contributed by atoms with van der Waals surface area (Å²) in [7, 11) is 0. The molecule has 1 aliphatic carbocycles. The van der Waals surface area contributed by atoms with Gasteiger partial charge in [0.05, 0.1) is 0 Å². The summed E-state index contributed by atoms with van der Waals surface area (Å²) in [4.78, 5) is 2.45. The van der Waals surface area contributed by atoms with E-state index in [2.05, 4.69) is 17.1 Å². The van der Waals surface area contributed by atoms with Crippen molar-refractivity contribution in [1.82, 2.24) is 10.2 Å². The maximum absolute atomic E-state index is 14.0. The van der Waals surface area contributed by atoms with Crippen molar-refractivity contribution in [3.63, 3.8) is 0 Å². The number of hydrogen-bond donors (Lipinski definition) is 1. The Morgan fingerprint density at radius 2 is 1.95 bits per heavy atom. The van der Waals surface area contributed by atoms with Crippen molar-refractivity contribution in [3.8, 4) is 0 Å². The zero-order chi connectivity index (χ0) is 14.7. The molecule has 1 aromatic carbocycles. The van der Waals surface area contributed by atoms with Gasteiger partial charge < -0.3 is 5.32 Å². The van der Waals surface area contributed by atoms with Crippen molar-refractivity contribution < 1.29 is 4.39 Å². The van der Waals surface area contributed by atoms with E-state index in [0.29, 0.717) is 6.04 Å². The van der Waals surface area contributed by atoms with Gasteiger partial charge >= 0.3 is 0 Å². The first-order chi connectivity index (χ1) is 10.3. The Bertz CT molecular complexity index is 456. The molecule has 2 fully saturated rings. The van der Waals surface area contributed by atoms with Crippen LogP contribution in [-0.2, 0) is 0 Å². The highest BCUT2D eigenvalue weighted by Crippen LogP contribution is 2.30. The third kappa shape index (κ3) is 3.46. The smallest absolute Gasteiger partial charge is 0.127 e. The lowest BCUT2D eigenvalue weighted by Crippen LogP contribution is -2.54. The van der Waals surface area contributed by atoms with E-state index in [4.69, 9.17) is 0 Å². The van der Waals surface area contributed by atoms with E-state index in [-0.39, 0.29) is 11.9 Å². The Labute approximate surface area is 127 Å². The molecule has 2 unspecified atom stereocenters.